The number of rotatable bonds is 7. The van der Waals surface area contributed by atoms with Crippen LogP contribution in [0.25, 0.3) is 16.6 Å². The van der Waals surface area contributed by atoms with E-state index in [-0.39, 0.29) is 6.61 Å². The first-order chi connectivity index (χ1) is 17.9. The lowest BCUT2D eigenvalue weighted by Gasteiger charge is -2.54. The number of aliphatic hydroxyl groups is 1. The number of ether oxygens (including phenoxy) is 1. The molecule has 10 nitrogen and oxygen atoms in total. The lowest BCUT2D eigenvalue weighted by molar-refractivity contribution is 0.0283. The fourth-order valence-electron chi connectivity index (χ4n) is 5.30. The number of piperidine rings is 2. The van der Waals surface area contributed by atoms with Gasteiger partial charge in [0.1, 0.15) is 24.2 Å². The smallest absolute Gasteiger partial charge is 0.222 e. The number of nitriles is 1. The summed E-state index contributed by atoms with van der Waals surface area (Å²) < 4.78 is 7.48. The summed E-state index contributed by atoms with van der Waals surface area (Å²) in [5, 5.41) is 27.5. The van der Waals surface area contributed by atoms with Crippen molar-refractivity contribution in [3.63, 3.8) is 0 Å². The molecule has 4 aromatic heterocycles. The van der Waals surface area contributed by atoms with Gasteiger partial charge < -0.3 is 20.1 Å². The van der Waals surface area contributed by atoms with Crippen LogP contribution in [0.15, 0.2) is 55.2 Å². The Labute approximate surface area is 214 Å². The minimum Gasteiger partial charge on any atom is -0.489 e. The summed E-state index contributed by atoms with van der Waals surface area (Å²) in [6, 6.07) is 10.4. The summed E-state index contributed by atoms with van der Waals surface area (Å²) in [6.45, 7) is 5.37. The fourth-order valence-corrected chi connectivity index (χ4v) is 5.30. The van der Waals surface area contributed by atoms with Gasteiger partial charge in [-0.3, -0.25) is 0 Å². The molecule has 1 unspecified atom stereocenters. The Morgan fingerprint density at radius 2 is 1.95 bits per heavy atom. The van der Waals surface area contributed by atoms with Gasteiger partial charge in [0, 0.05) is 48.8 Å². The Morgan fingerprint density at radius 3 is 2.62 bits per heavy atom. The predicted molar refractivity (Wildman–Crippen MR) is 138 cm³/mol. The summed E-state index contributed by atoms with van der Waals surface area (Å²) in [5.41, 5.74) is 1.87. The van der Waals surface area contributed by atoms with Crippen LogP contribution in [0.4, 0.5) is 11.8 Å². The molecule has 1 saturated carbocycles. The minimum absolute atomic E-state index is 0.130. The zero-order valence-corrected chi connectivity index (χ0v) is 20.7. The first-order valence-corrected chi connectivity index (χ1v) is 12.4. The van der Waals surface area contributed by atoms with Gasteiger partial charge in [-0.25, -0.2) is 19.5 Å². The Morgan fingerprint density at radius 1 is 1.16 bits per heavy atom. The van der Waals surface area contributed by atoms with Crippen molar-refractivity contribution in [2.75, 3.05) is 29.9 Å². The number of hydrogen-bond acceptors (Lipinski definition) is 9. The van der Waals surface area contributed by atoms with Crippen LogP contribution in [0.2, 0.25) is 0 Å². The SMILES string of the molecule is CC(C)(O)COc1cc(-c2ccc(N3C[C@H]4C[C@@H](C3)C4Nc3ncccn3)nc2)c2c(C#N)cnn2c1. The van der Waals surface area contributed by atoms with E-state index < -0.39 is 5.60 Å². The summed E-state index contributed by atoms with van der Waals surface area (Å²) in [6.07, 6.45) is 9.82. The summed E-state index contributed by atoms with van der Waals surface area (Å²) in [4.78, 5) is 15.7. The molecule has 0 aromatic carbocycles. The highest BCUT2D eigenvalue weighted by atomic mass is 16.5. The topological polar surface area (TPSA) is 124 Å². The molecule has 188 valence electrons. The third kappa shape index (κ3) is 4.54. The third-order valence-corrected chi connectivity index (χ3v) is 7.07. The van der Waals surface area contributed by atoms with E-state index in [0.717, 1.165) is 30.0 Å². The quantitative estimate of drug-likeness (QED) is 0.397. The van der Waals surface area contributed by atoms with Crippen LogP contribution in [0.1, 0.15) is 25.8 Å². The first-order valence-electron chi connectivity index (χ1n) is 12.4. The Kier molecular flexibility index (Phi) is 5.65. The van der Waals surface area contributed by atoms with Crippen molar-refractivity contribution < 1.29 is 9.84 Å². The molecule has 2 bridgehead atoms. The van der Waals surface area contributed by atoms with Gasteiger partial charge >= 0.3 is 0 Å². The van der Waals surface area contributed by atoms with Gasteiger partial charge in [0.2, 0.25) is 5.95 Å². The molecule has 2 saturated heterocycles. The second kappa shape index (κ2) is 9.01. The molecule has 3 atom stereocenters. The molecule has 37 heavy (non-hydrogen) atoms. The van der Waals surface area contributed by atoms with Gasteiger partial charge in [-0.15, -0.1) is 0 Å². The highest BCUT2D eigenvalue weighted by molar-refractivity contribution is 5.85. The molecule has 4 aromatic rings. The second-order valence-corrected chi connectivity index (χ2v) is 10.5. The van der Waals surface area contributed by atoms with Crippen LogP contribution >= 0.6 is 0 Å². The molecule has 0 spiro atoms. The number of fused-ring (bicyclic) bond motifs is 3. The van der Waals surface area contributed by atoms with Crippen LogP contribution < -0.4 is 15.0 Å². The number of anilines is 2. The van der Waals surface area contributed by atoms with Gasteiger partial charge in [0.25, 0.3) is 0 Å². The summed E-state index contributed by atoms with van der Waals surface area (Å²) in [7, 11) is 0. The van der Waals surface area contributed by atoms with Gasteiger partial charge in [-0.1, -0.05) is 0 Å². The molecular formula is C27H28N8O2. The number of aromatic nitrogens is 5. The number of hydrogen-bond donors (Lipinski definition) is 2. The zero-order valence-electron chi connectivity index (χ0n) is 20.7. The van der Waals surface area contributed by atoms with Crippen molar-refractivity contribution in [2.24, 2.45) is 11.8 Å². The molecule has 10 heteroatoms. The van der Waals surface area contributed by atoms with Crippen LogP contribution in [-0.2, 0) is 0 Å². The van der Waals surface area contributed by atoms with Crippen molar-refractivity contribution in [1.29, 1.82) is 5.26 Å². The molecule has 0 amide bonds. The summed E-state index contributed by atoms with van der Waals surface area (Å²) >= 11 is 0. The average molecular weight is 497 g/mol. The Hall–Kier alpha value is -4.23. The van der Waals surface area contributed by atoms with E-state index in [2.05, 4.69) is 31.4 Å². The Balaban J connectivity index is 1.22. The maximum atomic E-state index is 10.1. The normalized spacial score (nSPS) is 20.8. The molecular weight excluding hydrogens is 468 g/mol. The first kappa shape index (κ1) is 23.2. The highest BCUT2D eigenvalue weighted by Crippen LogP contribution is 2.42. The van der Waals surface area contributed by atoms with Gasteiger partial charge in [-0.05, 0) is 56.4 Å². The van der Waals surface area contributed by atoms with Gasteiger partial charge in [0.05, 0.1) is 29.1 Å². The molecule has 3 aliphatic rings. The highest BCUT2D eigenvalue weighted by Gasteiger charge is 2.47. The number of pyridine rings is 2. The van der Waals surface area contributed by atoms with Crippen LogP contribution in [-0.4, -0.2) is 61.0 Å². The zero-order chi connectivity index (χ0) is 25.6. The van der Waals surface area contributed by atoms with Crippen LogP contribution in [0.5, 0.6) is 5.75 Å². The molecule has 3 fully saturated rings. The van der Waals surface area contributed by atoms with Gasteiger partial charge in [0.15, 0.2) is 0 Å². The Bertz CT molecular complexity index is 1440. The monoisotopic (exact) mass is 496 g/mol. The fraction of sp³-hybridized carbons (Fsp3) is 0.370. The largest absolute Gasteiger partial charge is 0.489 e. The molecule has 0 radical (unpaired) electrons. The lowest BCUT2D eigenvalue weighted by Crippen LogP contribution is -2.61. The molecule has 1 aliphatic carbocycles. The second-order valence-electron chi connectivity index (χ2n) is 10.5. The van der Waals surface area contributed by atoms with Gasteiger partial charge in [-0.2, -0.15) is 10.4 Å². The molecule has 7 rings (SSSR count). The number of nitrogens with zero attached hydrogens (tertiary/aromatic N) is 7. The van der Waals surface area contributed by atoms with E-state index in [1.165, 1.54) is 6.42 Å². The van der Waals surface area contributed by atoms with Crippen molar-refractivity contribution >= 4 is 17.3 Å². The summed E-state index contributed by atoms with van der Waals surface area (Å²) in [5.74, 6) is 3.23. The van der Waals surface area contributed by atoms with Crippen molar-refractivity contribution in [3.05, 3.63) is 60.8 Å². The van der Waals surface area contributed by atoms with Crippen LogP contribution in [0.3, 0.4) is 0 Å². The van der Waals surface area contributed by atoms with E-state index in [4.69, 9.17) is 9.72 Å². The maximum absolute atomic E-state index is 10.1. The predicted octanol–water partition coefficient (Wildman–Crippen LogP) is 3.14. The third-order valence-electron chi connectivity index (χ3n) is 7.07. The van der Waals surface area contributed by atoms with E-state index >= 15 is 0 Å². The molecule has 6 heterocycles. The minimum atomic E-state index is -0.974. The molecule has 2 N–H and O–H groups in total. The number of nitrogens with one attached hydrogen (secondary N) is 1. The van der Waals surface area contributed by atoms with E-state index in [1.807, 2.05) is 30.5 Å². The van der Waals surface area contributed by atoms with Crippen molar-refractivity contribution in [2.45, 2.75) is 31.9 Å². The molecule has 2 aliphatic heterocycles. The van der Waals surface area contributed by atoms with E-state index in [0.29, 0.717) is 40.7 Å². The van der Waals surface area contributed by atoms with E-state index in [1.54, 1.807) is 43.2 Å². The van der Waals surface area contributed by atoms with E-state index in [9.17, 15) is 10.4 Å². The van der Waals surface area contributed by atoms with Crippen LogP contribution in [0, 0.1) is 23.2 Å². The van der Waals surface area contributed by atoms with Crippen molar-refractivity contribution in [1.82, 2.24) is 24.6 Å². The maximum Gasteiger partial charge on any atom is 0.222 e. The lowest BCUT2D eigenvalue weighted by atomic mass is 9.66. The van der Waals surface area contributed by atoms with Crippen molar-refractivity contribution in [3.8, 4) is 22.9 Å². The average Bonchev–Trinajstić information content (AvgIpc) is 3.33. The standard InChI is InChI=1S/C27H28N8O2/c1-27(2,36)16-37-21-9-22(25-20(10-28)12-32-35(25)15-21)17-4-5-23(31-11-17)34-13-18-8-19(14-34)24(18)33-26-29-6-3-7-30-26/h3-7,9,11-12,15,18-19,24,36H,8,13-14,16H2,1-2H3,(H,29,30,33)/t18-,19+,24?.